The predicted molar refractivity (Wildman–Crippen MR) is 67.5 cm³/mol. The van der Waals surface area contributed by atoms with Gasteiger partial charge in [-0.2, -0.15) is 0 Å². The summed E-state index contributed by atoms with van der Waals surface area (Å²) in [5.74, 6) is 0. The maximum Gasteiger partial charge on any atom is 0.492 e. The lowest BCUT2D eigenvalue weighted by atomic mass is 9.79. The third kappa shape index (κ3) is 3.63. The lowest BCUT2D eigenvalue weighted by Crippen LogP contribution is -2.43. The van der Waals surface area contributed by atoms with E-state index in [1.165, 1.54) is 0 Å². The highest BCUT2D eigenvalue weighted by Crippen LogP contribution is 2.01. The average Bonchev–Trinajstić information content (AvgIpc) is 2.31. The van der Waals surface area contributed by atoms with Crippen LogP contribution in [-0.4, -0.2) is 36.4 Å². The van der Waals surface area contributed by atoms with Crippen LogP contribution in [0.4, 0.5) is 0 Å². The number of benzene rings is 1. The molecule has 0 saturated heterocycles. The van der Waals surface area contributed by atoms with Crippen molar-refractivity contribution in [1.29, 1.82) is 0 Å². The van der Waals surface area contributed by atoms with Gasteiger partial charge in [0.05, 0.1) is 6.23 Å². The third-order valence-electron chi connectivity index (χ3n) is 2.74. The molecule has 3 nitrogen and oxygen atoms in total. The quantitative estimate of drug-likeness (QED) is 0.576. The molecule has 1 aromatic rings. The van der Waals surface area contributed by atoms with Crippen LogP contribution in [-0.2, 0) is 4.65 Å². The zero-order valence-electron chi connectivity index (χ0n) is 10.3. The van der Waals surface area contributed by atoms with Crippen molar-refractivity contribution in [2.75, 3.05) is 13.1 Å². The molecule has 0 heterocycles. The van der Waals surface area contributed by atoms with Gasteiger partial charge in [-0.25, -0.2) is 0 Å². The van der Waals surface area contributed by atoms with Crippen LogP contribution in [0.5, 0.6) is 0 Å². The Hall–Kier alpha value is -0.835. The fraction of sp³-hybridized carbons (Fsp3) is 0.500. The molecule has 0 spiro atoms. The Labute approximate surface area is 98.2 Å². The van der Waals surface area contributed by atoms with Gasteiger partial charge in [0.1, 0.15) is 0 Å². The molecule has 1 aromatic carbocycles. The van der Waals surface area contributed by atoms with Crippen LogP contribution >= 0.6 is 0 Å². The molecule has 0 aromatic heterocycles. The van der Waals surface area contributed by atoms with Crippen LogP contribution in [0.15, 0.2) is 30.3 Å². The number of nitrogens with zero attached hydrogens (tertiary/aromatic N) is 1. The van der Waals surface area contributed by atoms with E-state index in [2.05, 4.69) is 18.7 Å². The zero-order valence-corrected chi connectivity index (χ0v) is 10.3. The summed E-state index contributed by atoms with van der Waals surface area (Å²) in [6.45, 7) is 7.95. The molecule has 0 radical (unpaired) electrons. The maximum atomic E-state index is 9.88. The van der Waals surface area contributed by atoms with Crippen molar-refractivity contribution in [1.82, 2.24) is 4.90 Å². The molecule has 1 atom stereocenters. The van der Waals surface area contributed by atoms with E-state index in [1.807, 2.05) is 37.3 Å². The van der Waals surface area contributed by atoms with Crippen molar-refractivity contribution in [3.8, 4) is 0 Å². The Bertz CT molecular complexity index is 290. The maximum absolute atomic E-state index is 9.88. The summed E-state index contributed by atoms with van der Waals surface area (Å²) in [4.78, 5) is 2.14. The minimum atomic E-state index is -0.850. The molecule has 1 rings (SSSR count). The van der Waals surface area contributed by atoms with Gasteiger partial charge in [0.15, 0.2) is 0 Å². The zero-order chi connectivity index (χ0) is 12.0. The van der Waals surface area contributed by atoms with E-state index >= 15 is 0 Å². The van der Waals surface area contributed by atoms with E-state index in [9.17, 15) is 5.02 Å². The molecular formula is C12H20BNO2. The minimum absolute atomic E-state index is 0.0785. The molecule has 0 aliphatic heterocycles. The smallest absolute Gasteiger partial charge is 0.423 e. The van der Waals surface area contributed by atoms with Crippen LogP contribution < -0.4 is 5.46 Å². The van der Waals surface area contributed by atoms with Crippen molar-refractivity contribution in [2.45, 2.75) is 27.0 Å². The molecule has 88 valence electrons. The molecule has 0 aliphatic carbocycles. The predicted octanol–water partition coefficient (Wildman–Crippen LogP) is 1.08. The normalized spacial score (nSPS) is 12.8. The topological polar surface area (TPSA) is 32.7 Å². The standard InChI is InChI=1S/C12H20BNO2/c1-4-14(5-2)11(3)16-13(15)12-9-7-6-8-10-12/h6-11,15H,4-5H2,1-3H3. The molecule has 0 bridgehead atoms. The first kappa shape index (κ1) is 13.2. The highest BCUT2D eigenvalue weighted by Gasteiger charge is 2.21. The summed E-state index contributed by atoms with van der Waals surface area (Å²) in [6, 6.07) is 9.43. The van der Waals surface area contributed by atoms with E-state index < -0.39 is 7.12 Å². The Kier molecular flexibility index (Phi) is 5.53. The largest absolute Gasteiger partial charge is 0.492 e. The monoisotopic (exact) mass is 221 g/mol. The van der Waals surface area contributed by atoms with Gasteiger partial charge in [-0.05, 0) is 25.5 Å². The lowest BCUT2D eigenvalue weighted by molar-refractivity contribution is 0.0345. The van der Waals surface area contributed by atoms with Crippen molar-refractivity contribution >= 4 is 12.6 Å². The fourth-order valence-corrected chi connectivity index (χ4v) is 1.71. The first-order chi connectivity index (χ1) is 7.69. The van der Waals surface area contributed by atoms with Gasteiger partial charge >= 0.3 is 7.12 Å². The summed E-state index contributed by atoms with van der Waals surface area (Å²) >= 11 is 0. The Morgan fingerprint density at radius 3 is 2.31 bits per heavy atom. The second kappa shape index (κ2) is 6.68. The van der Waals surface area contributed by atoms with Crippen LogP contribution in [0.25, 0.3) is 0 Å². The van der Waals surface area contributed by atoms with Crippen molar-refractivity contribution in [3.63, 3.8) is 0 Å². The summed E-state index contributed by atoms with van der Waals surface area (Å²) in [6.07, 6.45) is -0.0785. The second-order valence-corrected chi connectivity index (χ2v) is 3.72. The number of hydrogen-bond donors (Lipinski definition) is 1. The van der Waals surface area contributed by atoms with Gasteiger partial charge in [-0.3, -0.25) is 4.90 Å². The summed E-state index contributed by atoms with van der Waals surface area (Å²) in [5.41, 5.74) is 0.793. The first-order valence-corrected chi connectivity index (χ1v) is 5.81. The number of rotatable bonds is 6. The third-order valence-corrected chi connectivity index (χ3v) is 2.74. The van der Waals surface area contributed by atoms with Gasteiger partial charge in [0, 0.05) is 0 Å². The minimum Gasteiger partial charge on any atom is -0.423 e. The first-order valence-electron chi connectivity index (χ1n) is 5.81. The van der Waals surface area contributed by atoms with Crippen LogP contribution in [0.1, 0.15) is 20.8 Å². The van der Waals surface area contributed by atoms with Gasteiger partial charge in [0.25, 0.3) is 0 Å². The summed E-state index contributed by atoms with van der Waals surface area (Å²) in [7, 11) is -0.850. The van der Waals surface area contributed by atoms with E-state index in [1.54, 1.807) is 0 Å². The molecule has 0 amide bonds. The van der Waals surface area contributed by atoms with E-state index in [0.717, 1.165) is 18.6 Å². The van der Waals surface area contributed by atoms with Gasteiger partial charge in [-0.1, -0.05) is 44.2 Å². The van der Waals surface area contributed by atoms with Gasteiger partial charge in [0.2, 0.25) is 0 Å². The fourth-order valence-electron chi connectivity index (χ4n) is 1.71. The second-order valence-electron chi connectivity index (χ2n) is 3.72. The number of hydrogen-bond acceptors (Lipinski definition) is 3. The Balaban J connectivity index is 2.54. The SMILES string of the molecule is CCN(CC)C(C)OB(O)c1ccccc1. The molecule has 0 aliphatic rings. The van der Waals surface area contributed by atoms with Crippen LogP contribution in [0.2, 0.25) is 0 Å². The summed E-state index contributed by atoms with van der Waals surface area (Å²) in [5, 5.41) is 9.88. The van der Waals surface area contributed by atoms with Crippen LogP contribution in [0, 0.1) is 0 Å². The average molecular weight is 221 g/mol. The molecule has 16 heavy (non-hydrogen) atoms. The molecule has 1 unspecified atom stereocenters. The van der Waals surface area contributed by atoms with Crippen molar-refractivity contribution < 1.29 is 9.68 Å². The summed E-state index contributed by atoms with van der Waals surface area (Å²) < 4.78 is 5.56. The molecule has 0 saturated carbocycles. The Morgan fingerprint density at radius 1 is 1.25 bits per heavy atom. The molecule has 4 heteroatoms. The van der Waals surface area contributed by atoms with Crippen molar-refractivity contribution in [2.24, 2.45) is 0 Å². The van der Waals surface area contributed by atoms with E-state index in [-0.39, 0.29) is 6.23 Å². The highest BCUT2D eigenvalue weighted by molar-refractivity contribution is 6.59. The van der Waals surface area contributed by atoms with Crippen LogP contribution in [0.3, 0.4) is 0 Å². The highest BCUT2D eigenvalue weighted by atomic mass is 16.5. The Morgan fingerprint density at radius 2 is 1.81 bits per heavy atom. The molecule has 1 N–H and O–H groups in total. The van der Waals surface area contributed by atoms with Gasteiger partial charge < -0.3 is 9.68 Å². The van der Waals surface area contributed by atoms with Gasteiger partial charge in [-0.15, -0.1) is 0 Å². The molecule has 0 fully saturated rings. The van der Waals surface area contributed by atoms with E-state index in [4.69, 9.17) is 4.65 Å². The molecular weight excluding hydrogens is 201 g/mol. The lowest BCUT2D eigenvalue weighted by Gasteiger charge is -2.27. The van der Waals surface area contributed by atoms with Crippen molar-refractivity contribution in [3.05, 3.63) is 30.3 Å². The van der Waals surface area contributed by atoms with E-state index in [0.29, 0.717) is 0 Å².